The monoisotopic (exact) mass is 300 g/mol. The number of pyridine rings is 1. The SMILES string of the molecule is NCc1nc(C=O)cn1Cc1ccc2ncc(Cl)cc2c1. The highest BCUT2D eigenvalue weighted by Crippen LogP contribution is 2.19. The molecule has 0 atom stereocenters. The van der Waals surface area contributed by atoms with E-state index in [0.29, 0.717) is 23.1 Å². The van der Waals surface area contributed by atoms with E-state index in [4.69, 9.17) is 17.3 Å². The molecule has 2 aromatic heterocycles. The van der Waals surface area contributed by atoms with Gasteiger partial charge in [-0.1, -0.05) is 17.7 Å². The number of aldehydes is 1. The highest BCUT2D eigenvalue weighted by molar-refractivity contribution is 6.31. The van der Waals surface area contributed by atoms with Gasteiger partial charge in [0.2, 0.25) is 0 Å². The first-order valence-electron chi connectivity index (χ1n) is 6.45. The maximum atomic E-state index is 10.8. The van der Waals surface area contributed by atoms with Gasteiger partial charge >= 0.3 is 0 Å². The molecule has 0 aliphatic rings. The third kappa shape index (κ3) is 2.79. The highest BCUT2D eigenvalue weighted by Gasteiger charge is 2.07. The van der Waals surface area contributed by atoms with Crippen LogP contribution in [0, 0.1) is 0 Å². The van der Waals surface area contributed by atoms with Gasteiger partial charge < -0.3 is 10.3 Å². The van der Waals surface area contributed by atoms with Crippen LogP contribution in [0.1, 0.15) is 21.9 Å². The number of carbonyl (C=O) groups excluding carboxylic acids is 1. The molecule has 3 aromatic rings. The third-order valence-corrected chi connectivity index (χ3v) is 3.45. The molecule has 106 valence electrons. The van der Waals surface area contributed by atoms with E-state index >= 15 is 0 Å². The standard InChI is InChI=1S/C15H13ClN4O/c16-12-4-11-3-10(1-2-14(11)18-6-12)7-20-8-13(9-21)19-15(20)5-17/h1-4,6,8-9H,5,7,17H2. The molecule has 1 aromatic carbocycles. The summed E-state index contributed by atoms with van der Waals surface area (Å²) in [7, 11) is 0. The summed E-state index contributed by atoms with van der Waals surface area (Å²) in [6, 6.07) is 7.84. The summed E-state index contributed by atoms with van der Waals surface area (Å²) < 4.78 is 1.88. The predicted octanol–water partition coefficient (Wildman–Crippen LogP) is 2.40. The lowest BCUT2D eigenvalue weighted by molar-refractivity contribution is 0.111. The summed E-state index contributed by atoms with van der Waals surface area (Å²) >= 11 is 5.97. The van der Waals surface area contributed by atoms with Crippen molar-refractivity contribution >= 4 is 28.8 Å². The van der Waals surface area contributed by atoms with Crippen molar-refractivity contribution < 1.29 is 4.79 Å². The zero-order valence-corrected chi connectivity index (χ0v) is 11.9. The van der Waals surface area contributed by atoms with E-state index < -0.39 is 0 Å². The van der Waals surface area contributed by atoms with Gasteiger partial charge in [-0.15, -0.1) is 0 Å². The molecule has 0 spiro atoms. The Hall–Kier alpha value is -2.24. The Balaban J connectivity index is 1.97. The van der Waals surface area contributed by atoms with Gasteiger partial charge in [0.15, 0.2) is 6.29 Å². The van der Waals surface area contributed by atoms with Crippen LogP contribution in [0.2, 0.25) is 5.02 Å². The van der Waals surface area contributed by atoms with Crippen molar-refractivity contribution in [1.29, 1.82) is 0 Å². The quantitative estimate of drug-likeness (QED) is 0.751. The van der Waals surface area contributed by atoms with Crippen LogP contribution in [0.25, 0.3) is 10.9 Å². The van der Waals surface area contributed by atoms with Crippen LogP contribution in [-0.2, 0) is 13.1 Å². The minimum Gasteiger partial charge on any atom is -0.329 e. The van der Waals surface area contributed by atoms with Gasteiger partial charge in [0.1, 0.15) is 11.5 Å². The smallest absolute Gasteiger partial charge is 0.170 e. The molecular weight excluding hydrogens is 288 g/mol. The number of fused-ring (bicyclic) bond motifs is 1. The number of hydrogen-bond acceptors (Lipinski definition) is 4. The number of nitrogens with two attached hydrogens (primary N) is 1. The summed E-state index contributed by atoms with van der Waals surface area (Å²) in [5.41, 5.74) is 8.00. The Kier molecular flexibility index (Phi) is 3.68. The first-order valence-corrected chi connectivity index (χ1v) is 6.83. The second-order valence-electron chi connectivity index (χ2n) is 4.71. The lowest BCUT2D eigenvalue weighted by atomic mass is 10.1. The summed E-state index contributed by atoms with van der Waals surface area (Å²) in [5, 5.41) is 1.58. The highest BCUT2D eigenvalue weighted by atomic mass is 35.5. The fraction of sp³-hybridized carbons (Fsp3) is 0.133. The molecule has 21 heavy (non-hydrogen) atoms. The molecule has 2 heterocycles. The lowest BCUT2D eigenvalue weighted by Gasteiger charge is -2.07. The Morgan fingerprint density at radius 2 is 2.19 bits per heavy atom. The lowest BCUT2D eigenvalue weighted by Crippen LogP contribution is -2.08. The zero-order chi connectivity index (χ0) is 14.8. The molecule has 0 saturated carbocycles. The van der Waals surface area contributed by atoms with Crippen molar-refractivity contribution in [3.63, 3.8) is 0 Å². The number of rotatable bonds is 4. The predicted molar refractivity (Wildman–Crippen MR) is 81.4 cm³/mol. The van der Waals surface area contributed by atoms with E-state index in [9.17, 15) is 4.79 Å². The largest absolute Gasteiger partial charge is 0.329 e. The topological polar surface area (TPSA) is 73.8 Å². The molecule has 2 N–H and O–H groups in total. The van der Waals surface area contributed by atoms with Gasteiger partial charge in [-0.3, -0.25) is 9.78 Å². The molecular formula is C15H13ClN4O. The first-order chi connectivity index (χ1) is 10.2. The Bertz CT molecular complexity index is 813. The Morgan fingerprint density at radius 3 is 2.95 bits per heavy atom. The van der Waals surface area contributed by atoms with Crippen LogP contribution in [0.4, 0.5) is 0 Å². The maximum absolute atomic E-state index is 10.8. The second-order valence-corrected chi connectivity index (χ2v) is 5.15. The van der Waals surface area contributed by atoms with Gasteiger partial charge in [0.05, 0.1) is 17.1 Å². The number of halogens is 1. The van der Waals surface area contributed by atoms with Crippen LogP contribution >= 0.6 is 11.6 Å². The van der Waals surface area contributed by atoms with Crippen molar-refractivity contribution in [2.45, 2.75) is 13.1 Å². The van der Waals surface area contributed by atoms with Crippen molar-refractivity contribution in [2.24, 2.45) is 5.73 Å². The molecule has 0 amide bonds. The number of nitrogens with zero attached hydrogens (tertiary/aromatic N) is 3. The molecule has 3 rings (SSSR count). The van der Waals surface area contributed by atoms with Gasteiger partial charge in [0.25, 0.3) is 0 Å². The fourth-order valence-electron chi connectivity index (χ4n) is 2.28. The van der Waals surface area contributed by atoms with Crippen molar-refractivity contribution in [2.75, 3.05) is 0 Å². The second kappa shape index (κ2) is 5.63. The summed E-state index contributed by atoms with van der Waals surface area (Å²) in [4.78, 5) is 19.2. The average Bonchev–Trinajstić information content (AvgIpc) is 2.89. The van der Waals surface area contributed by atoms with Crippen LogP contribution in [-0.4, -0.2) is 20.8 Å². The summed E-state index contributed by atoms with van der Waals surface area (Å²) in [5.74, 6) is 0.682. The number of benzene rings is 1. The van der Waals surface area contributed by atoms with Crippen LogP contribution < -0.4 is 5.73 Å². The molecule has 0 aliphatic carbocycles. The Morgan fingerprint density at radius 1 is 1.33 bits per heavy atom. The normalized spacial score (nSPS) is 11.0. The number of carbonyl (C=O) groups is 1. The van der Waals surface area contributed by atoms with Crippen LogP contribution in [0.5, 0.6) is 0 Å². The molecule has 5 nitrogen and oxygen atoms in total. The third-order valence-electron chi connectivity index (χ3n) is 3.25. The van der Waals surface area contributed by atoms with E-state index in [1.807, 2.05) is 28.8 Å². The van der Waals surface area contributed by atoms with E-state index in [2.05, 4.69) is 9.97 Å². The van der Waals surface area contributed by atoms with Gasteiger partial charge in [0, 0.05) is 24.3 Å². The van der Waals surface area contributed by atoms with Crippen LogP contribution in [0.3, 0.4) is 0 Å². The fourth-order valence-corrected chi connectivity index (χ4v) is 2.45. The van der Waals surface area contributed by atoms with Gasteiger partial charge in [-0.25, -0.2) is 4.98 Å². The van der Waals surface area contributed by atoms with Crippen molar-refractivity contribution in [3.8, 4) is 0 Å². The molecule has 0 bridgehead atoms. The molecule has 0 aliphatic heterocycles. The molecule has 0 unspecified atom stereocenters. The summed E-state index contributed by atoms with van der Waals surface area (Å²) in [6.07, 6.45) is 4.05. The van der Waals surface area contributed by atoms with Gasteiger partial charge in [-0.05, 0) is 23.8 Å². The first kappa shape index (κ1) is 13.7. The number of hydrogen-bond donors (Lipinski definition) is 1. The minimum atomic E-state index is 0.287. The number of imidazole rings is 1. The average molecular weight is 301 g/mol. The van der Waals surface area contributed by atoms with E-state index in [0.717, 1.165) is 22.8 Å². The molecule has 0 saturated heterocycles. The molecule has 0 fully saturated rings. The Labute approximate surface area is 126 Å². The number of aromatic nitrogens is 3. The van der Waals surface area contributed by atoms with Crippen molar-refractivity contribution in [3.05, 3.63) is 58.8 Å². The molecule has 0 radical (unpaired) electrons. The zero-order valence-electron chi connectivity index (χ0n) is 11.2. The van der Waals surface area contributed by atoms with Crippen molar-refractivity contribution in [1.82, 2.24) is 14.5 Å². The maximum Gasteiger partial charge on any atom is 0.170 e. The van der Waals surface area contributed by atoms with Crippen LogP contribution in [0.15, 0.2) is 36.7 Å². The van der Waals surface area contributed by atoms with E-state index in [1.165, 1.54) is 0 Å². The van der Waals surface area contributed by atoms with E-state index in [-0.39, 0.29) is 6.54 Å². The van der Waals surface area contributed by atoms with E-state index in [1.54, 1.807) is 12.4 Å². The molecule has 6 heteroatoms. The van der Waals surface area contributed by atoms with Gasteiger partial charge in [-0.2, -0.15) is 0 Å². The summed E-state index contributed by atoms with van der Waals surface area (Å²) in [6.45, 7) is 0.880. The minimum absolute atomic E-state index is 0.287.